The minimum atomic E-state index is 0.320. The molecule has 2 heteroatoms. The van der Waals surface area contributed by atoms with Crippen LogP contribution in [0.15, 0.2) is 36.4 Å². The Morgan fingerprint density at radius 1 is 1.15 bits per heavy atom. The van der Waals surface area contributed by atoms with Crippen LogP contribution >= 0.6 is 0 Å². The summed E-state index contributed by atoms with van der Waals surface area (Å²) in [5, 5.41) is 11.4. The molecule has 0 atom stereocenters. The molecule has 0 aliphatic carbocycles. The fourth-order valence-corrected chi connectivity index (χ4v) is 1.44. The van der Waals surface area contributed by atoms with Gasteiger partial charge in [0.15, 0.2) is 0 Å². The van der Waals surface area contributed by atoms with Gasteiger partial charge in [-0.05, 0) is 23.1 Å². The van der Waals surface area contributed by atoms with E-state index in [1.54, 1.807) is 6.07 Å². The smallest absolute Gasteiger partial charge is 0.123 e. The van der Waals surface area contributed by atoms with Gasteiger partial charge in [0.05, 0.1) is 0 Å². The highest BCUT2D eigenvalue weighted by Crippen LogP contribution is 2.24. The Balaban J connectivity index is 2.72. The maximum atomic E-state index is 9.50. The van der Waals surface area contributed by atoms with Crippen molar-refractivity contribution in [2.45, 2.75) is 6.54 Å². The predicted octanol–water partition coefficient (Wildman–Crippen LogP) is 2.00. The van der Waals surface area contributed by atoms with Gasteiger partial charge < -0.3 is 10.8 Å². The van der Waals surface area contributed by atoms with Crippen LogP contribution in [0.2, 0.25) is 0 Å². The number of hydrogen-bond donors (Lipinski definition) is 2. The highest BCUT2D eigenvalue weighted by Gasteiger charge is 1.98. The highest BCUT2D eigenvalue weighted by molar-refractivity contribution is 5.88. The standard InChI is InChI=1S/C11H11NO/c12-7-8-4-5-10-9(6-8)2-1-3-11(10)13/h1-6,13H,7,12H2. The SMILES string of the molecule is NCc1ccc2c(O)cccc2c1. The van der Waals surface area contributed by atoms with E-state index in [0.717, 1.165) is 16.3 Å². The Hall–Kier alpha value is -1.54. The number of benzene rings is 2. The van der Waals surface area contributed by atoms with Crippen LogP contribution in [0.25, 0.3) is 10.8 Å². The van der Waals surface area contributed by atoms with Crippen LogP contribution in [0, 0.1) is 0 Å². The van der Waals surface area contributed by atoms with E-state index in [9.17, 15) is 5.11 Å². The zero-order valence-electron chi connectivity index (χ0n) is 7.20. The molecule has 2 aromatic rings. The van der Waals surface area contributed by atoms with Gasteiger partial charge in [0.1, 0.15) is 5.75 Å². The van der Waals surface area contributed by atoms with Crippen LogP contribution in [0.4, 0.5) is 0 Å². The number of phenolic OH excluding ortho intramolecular Hbond substituents is 1. The maximum absolute atomic E-state index is 9.50. The minimum absolute atomic E-state index is 0.320. The molecule has 0 amide bonds. The van der Waals surface area contributed by atoms with Crippen molar-refractivity contribution in [3.8, 4) is 5.75 Å². The number of fused-ring (bicyclic) bond motifs is 1. The number of nitrogens with two attached hydrogens (primary N) is 1. The van der Waals surface area contributed by atoms with Crippen LogP contribution in [-0.4, -0.2) is 5.11 Å². The Morgan fingerprint density at radius 3 is 2.77 bits per heavy atom. The van der Waals surface area contributed by atoms with Gasteiger partial charge in [-0.15, -0.1) is 0 Å². The molecule has 2 rings (SSSR count). The van der Waals surface area contributed by atoms with E-state index in [4.69, 9.17) is 5.73 Å². The molecule has 0 aliphatic rings. The molecule has 0 spiro atoms. The second-order valence-electron chi connectivity index (χ2n) is 3.04. The van der Waals surface area contributed by atoms with Crippen molar-refractivity contribution in [1.82, 2.24) is 0 Å². The van der Waals surface area contributed by atoms with Crippen molar-refractivity contribution >= 4 is 10.8 Å². The third-order valence-electron chi connectivity index (χ3n) is 2.16. The van der Waals surface area contributed by atoms with E-state index < -0.39 is 0 Å². The summed E-state index contributed by atoms with van der Waals surface area (Å²) in [6, 6.07) is 11.3. The number of aromatic hydroxyl groups is 1. The zero-order chi connectivity index (χ0) is 9.26. The quantitative estimate of drug-likeness (QED) is 0.692. The van der Waals surface area contributed by atoms with Gasteiger partial charge in [0.25, 0.3) is 0 Å². The summed E-state index contributed by atoms with van der Waals surface area (Å²) in [5.74, 6) is 0.320. The molecule has 0 unspecified atom stereocenters. The molecule has 0 saturated carbocycles. The van der Waals surface area contributed by atoms with Crippen LogP contribution in [-0.2, 0) is 6.54 Å². The molecule has 0 aromatic heterocycles. The van der Waals surface area contributed by atoms with Crippen LogP contribution in [0.3, 0.4) is 0 Å². The van der Waals surface area contributed by atoms with E-state index in [0.29, 0.717) is 12.3 Å². The first-order valence-corrected chi connectivity index (χ1v) is 4.22. The molecular weight excluding hydrogens is 162 g/mol. The molecule has 0 bridgehead atoms. The summed E-state index contributed by atoms with van der Waals surface area (Å²) in [6.07, 6.45) is 0. The first kappa shape index (κ1) is 8.08. The molecule has 0 saturated heterocycles. The lowest BCUT2D eigenvalue weighted by atomic mass is 10.1. The van der Waals surface area contributed by atoms with Gasteiger partial charge in [-0.2, -0.15) is 0 Å². The Bertz CT molecular complexity index is 437. The van der Waals surface area contributed by atoms with Crippen molar-refractivity contribution in [3.63, 3.8) is 0 Å². The lowest BCUT2D eigenvalue weighted by molar-refractivity contribution is 0.481. The summed E-state index contributed by atoms with van der Waals surface area (Å²) < 4.78 is 0. The molecule has 2 nitrogen and oxygen atoms in total. The third-order valence-corrected chi connectivity index (χ3v) is 2.16. The monoisotopic (exact) mass is 173 g/mol. The predicted molar refractivity (Wildman–Crippen MR) is 53.5 cm³/mol. The Kier molecular flexibility index (Phi) is 1.91. The second kappa shape index (κ2) is 3.07. The molecule has 0 radical (unpaired) electrons. The summed E-state index contributed by atoms with van der Waals surface area (Å²) in [5.41, 5.74) is 6.60. The zero-order valence-corrected chi connectivity index (χ0v) is 7.20. The van der Waals surface area contributed by atoms with Gasteiger partial charge in [0.2, 0.25) is 0 Å². The average molecular weight is 173 g/mol. The maximum Gasteiger partial charge on any atom is 0.123 e. The average Bonchev–Trinajstić information content (AvgIpc) is 2.18. The van der Waals surface area contributed by atoms with E-state index in [1.165, 1.54) is 0 Å². The van der Waals surface area contributed by atoms with Gasteiger partial charge in [-0.3, -0.25) is 0 Å². The Morgan fingerprint density at radius 2 is 2.00 bits per heavy atom. The van der Waals surface area contributed by atoms with E-state index in [1.807, 2.05) is 30.3 Å². The van der Waals surface area contributed by atoms with Crippen molar-refractivity contribution in [2.75, 3.05) is 0 Å². The van der Waals surface area contributed by atoms with Crippen LogP contribution in [0.5, 0.6) is 5.75 Å². The first-order valence-electron chi connectivity index (χ1n) is 4.22. The van der Waals surface area contributed by atoms with Crippen molar-refractivity contribution in [1.29, 1.82) is 0 Å². The summed E-state index contributed by atoms with van der Waals surface area (Å²) >= 11 is 0. The molecule has 0 aliphatic heterocycles. The second-order valence-corrected chi connectivity index (χ2v) is 3.04. The van der Waals surface area contributed by atoms with E-state index in [2.05, 4.69) is 0 Å². The number of hydrogen-bond acceptors (Lipinski definition) is 2. The first-order chi connectivity index (χ1) is 6.31. The van der Waals surface area contributed by atoms with Crippen LogP contribution in [0.1, 0.15) is 5.56 Å². The fraction of sp³-hybridized carbons (Fsp3) is 0.0909. The molecule has 2 aromatic carbocycles. The molecule has 66 valence electrons. The Labute approximate surface area is 76.6 Å². The summed E-state index contributed by atoms with van der Waals surface area (Å²) in [7, 11) is 0. The highest BCUT2D eigenvalue weighted by atomic mass is 16.3. The largest absolute Gasteiger partial charge is 0.507 e. The minimum Gasteiger partial charge on any atom is -0.507 e. The van der Waals surface area contributed by atoms with Crippen LogP contribution < -0.4 is 5.73 Å². The number of rotatable bonds is 1. The van der Waals surface area contributed by atoms with Gasteiger partial charge in [-0.1, -0.05) is 24.3 Å². The van der Waals surface area contributed by atoms with E-state index in [-0.39, 0.29) is 0 Å². The summed E-state index contributed by atoms with van der Waals surface area (Å²) in [6.45, 7) is 0.533. The van der Waals surface area contributed by atoms with E-state index >= 15 is 0 Å². The number of phenols is 1. The van der Waals surface area contributed by atoms with Gasteiger partial charge >= 0.3 is 0 Å². The lowest BCUT2D eigenvalue weighted by Gasteiger charge is -2.02. The topological polar surface area (TPSA) is 46.2 Å². The van der Waals surface area contributed by atoms with Crippen molar-refractivity contribution in [2.24, 2.45) is 5.73 Å². The molecule has 0 fully saturated rings. The van der Waals surface area contributed by atoms with Crippen molar-refractivity contribution in [3.05, 3.63) is 42.0 Å². The fourth-order valence-electron chi connectivity index (χ4n) is 1.44. The van der Waals surface area contributed by atoms with Gasteiger partial charge in [-0.25, -0.2) is 0 Å². The molecule has 3 N–H and O–H groups in total. The molecule has 13 heavy (non-hydrogen) atoms. The summed E-state index contributed by atoms with van der Waals surface area (Å²) in [4.78, 5) is 0. The lowest BCUT2D eigenvalue weighted by Crippen LogP contribution is -1.95. The molecule has 0 heterocycles. The van der Waals surface area contributed by atoms with Crippen molar-refractivity contribution < 1.29 is 5.11 Å². The normalized spacial score (nSPS) is 10.5. The van der Waals surface area contributed by atoms with Gasteiger partial charge in [0, 0.05) is 11.9 Å². The third kappa shape index (κ3) is 1.36. The molecular formula is C11H11NO.